The van der Waals surface area contributed by atoms with Crippen LogP contribution in [0.1, 0.15) is 48.3 Å². The fourth-order valence-electron chi connectivity index (χ4n) is 4.96. The van der Waals surface area contributed by atoms with E-state index in [9.17, 15) is 42.7 Å². The molecule has 7 atom stereocenters. The summed E-state index contributed by atoms with van der Waals surface area (Å²) in [5, 5.41) is 12.0. The molecule has 0 spiro atoms. The first-order valence-corrected chi connectivity index (χ1v) is 23.0. The molecule has 6 N–H and O–H groups in total. The summed E-state index contributed by atoms with van der Waals surface area (Å²) in [6.07, 6.45) is -2.22. The molecule has 0 saturated carbocycles. The van der Waals surface area contributed by atoms with E-state index in [-0.39, 0.29) is 44.3 Å². The van der Waals surface area contributed by atoms with Crippen molar-refractivity contribution in [1.82, 2.24) is 20.2 Å². The number of hydrogen-bond donors (Lipinski definition) is 6. The van der Waals surface area contributed by atoms with Crippen molar-refractivity contribution in [3.8, 4) is 17.6 Å². The van der Waals surface area contributed by atoms with Crippen LogP contribution in [0.25, 0.3) is 20.9 Å². The van der Waals surface area contributed by atoms with E-state index in [0.717, 1.165) is 23.6 Å². The highest BCUT2D eigenvalue weighted by Crippen LogP contribution is 2.66. The number of nitrogens with zero attached hydrogens (tertiary/aromatic N) is 7. The number of unbranched alkanes of at least 4 members (excludes halogenated alkanes) is 1. The molecule has 2 amide bonds. The maximum Gasteiger partial charge on any atom is 0.488 e. The molecule has 340 valence electrons. The van der Waals surface area contributed by atoms with Crippen molar-refractivity contribution >= 4 is 35.1 Å². The van der Waals surface area contributed by atoms with E-state index >= 15 is 0 Å². The van der Waals surface area contributed by atoms with Crippen LogP contribution < -0.4 is 26.6 Å². The summed E-state index contributed by atoms with van der Waals surface area (Å²) in [7, 11) is -15.7. The highest BCUT2D eigenvalue weighted by Gasteiger charge is 2.43. The fourth-order valence-corrected chi connectivity index (χ4v) is 8.44. The van der Waals surface area contributed by atoms with Crippen molar-refractivity contribution < 1.29 is 74.8 Å². The van der Waals surface area contributed by atoms with Crippen molar-refractivity contribution in [1.29, 1.82) is 0 Å². The van der Waals surface area contributed by atoms with E-state index in [1.54, 1.807) is 18.2 Å². The van der Waals surface area contributed by atoms with Crippen LogP contribution in [0.3, 0.4) is 0 Å². The van der Waals surface area contributed by atoms with Gasteiger partial charge in [-0.1, -0.05) is 41.5 Å². The van der Waals surface area contributed by atoms with Gasteiger partial charge in [0.25, 0.3) is 11.5 Å². The Morgan fingerprint density at radius 1 is 1.11 bits per heavy atom. The zero-order chi connectivity index (χ0) is 45.8. The van der Waals surface area contributed by atoms with Gasteiger partial charge in [0.1, 0.15) is 43.6 Å². The van der Waals surface area contributed by atoms with Gasteiger partial charge >= 0.3 is 28.9 Å². The summed E-state index contributed by atoms with van der Waals surface area (Å²) in [6.45, 7) is 0.516. The first-order valence-electron chi connectivity index (χ1n) is 18.0. The third kappa shape index (κ3) is 19.0. The molecule has 1 aliphatic rings. The van der Waals surface area contributed by atoms with Gasteiger partial charge in [-0.15, -0.1) is 0 Å². The van der Waals surface area contributed by atoms with Crippen LogP contribution in [0, 0.1) is 11.8 Å². The first kappa shape index (κ1) is 51.5. The van der Waals surface area contributed by atoms with E-state index in [1.165, 1.54) is 6.07 Å². The number of carbonyl (C=O) groups is 2. The van der Waals surface area contributed by atoms with Gasteiger partial charge in [-0.05, 0) is 35.7 Å². The zero-order valence-corrected chi connectivity index (χ0v) is 35.6. The Morgan fingerprint density at radius 2 is 1.89 bits per heavy atom. The summed E-state index contributed by atoms with van der Waals surface area (Å²) in [4.78, 5) is 85.7. The smallest absolute Gasteiger partial charge is 0.488 e. The van der Waals surface area contributed by atoms with Gasteiger partial charge in [0.15, 0.2) is 6.23 Å². The van der Waals surface area contributed by atoms with Gasteiger partial charge in [-0.2, -0.15) is 4.31 Å². The molecule has 1 saturated heterocycles. The summed E-state index contributed by atoms with van der Waals surface area (Å²) >= 11 is 0. The van der Waals surface area contributed by atoms with Crippen LogP contribution in [0.5, 0.6) is 5.75 Å². The molecular weight excluding hydrogens is 893 g/mol. The number of amides is 2. The number of hydrogen-bond acceptors (Lipinski definition) is 17. The molecule has 1 aliphatic heterocycles. The third-order valence-corrected chi connectivity index (χ3v) is 11.7. The summed E-state index contributed by atoms with van der Waals surface area (Å²) in [5.74, 6) is 4.53. The van der Waals surface area contributed by atoms with Gasteiger partial charge in [-0.25, -0.2) is 18.2 Å². The maximum absolute atomic E-state index is 12.7. The van der Waals surface area contributed by atoms with E-state index < -0.39 is 85.0 Å². The molecule has 0 radical (unpaired) electrons. The van der Waals surface area contributed by atoms with E-state index in [0.29, 0.717) is 24.5 Å². The van der Waals surface area contributed by atoms with Gasteiger partial charge < -0.3 is 49.0 Å². The van der Waals surface area contributed by atoms with Crippen LogP contribution in [-0.4, -0.2) is 114 Å². The van der Waals surface area contributed by atoms with E-state index in [4.69, 9.17) is 39.6 Å². The minimum atomic E-state index is -5.58. The fraction of sp³-hybridized carbons (Fsp3) is 0.548. The van der Waals surface area contributed by atoms with Crippen molar-refractivity contribution in [2.45, 2.75) is 50.8 Å². The third-order valence-electron chi connectivity index (χ3n) is 7.58. The lowest BCUT2D eigenvalue weighted by Gasteiger charge is -2.21. The van der Waals surface area contributed by atoms with Crippen molar-refractivity contribution in [2.75, 3.05) is 59.5 Å². The van der Waals surface area contributed by atoms with Crippen LogP contribution in [0.15, 0.2) is 50.3 Å². The lowest BCUT2D eigenvalue weighted by Crippen LogP contribution is -2.34. The van der Waals surface area contributed by atoms with Crippen molar-refractivity contribution in [3.05, 3.63) is 83.3 Å². The van der Waals surface area contributed by atoms with Gasteiger partial charge in [0.2, 0.25) is 5.91 Å². The number of aromatic amines is 1. The average Bonchev–Trinajstić information content (AvgIpc) is 3.59. The number of ether oxygens (including phenoxy) is 5. The summed E-state index contributed by atoms with van der Waals surface area (Å²) in [5.41, 5.74) is 15.8. The van der Waals surface area contributed by atoms with Crippen LogP contribution >= 0.6 is 23.2 Å². The molecule has 1 aromatic carbocycles. The Kier molecular flexibility index (Phi) is 21.0. The first-order chi connectivity index (χ1) is 29.3. The largest absolute Gasteiger partial charge is 0.491 e. The molecular formula is C31H43N10O18P3. The lowest BCUT2D eigenvalue weighted by atomic mass is 10.2. The molecule has 62 heavy (non-hydrogen) atoms. The second kappa shape index (κ2) is 25.3. The Hall–Kier alpha value is -4.89. The number of azide groups is 2. The number of benzene rings is 1. The van der Waals surface area contributed by atoms with E-state index in [1.807, 2.05) is 11.9 Å². The number of phosphoric ester groups is 1. The second-order valence-electron chi connectivity index (χ2n) is 12.4. The molecule has 3 rings (SSSR count). The predicted octanol–water partition coefficient (Wildman–Crippen LogP) is 2.29. The second-order valence-corrected chi connectivity index (χ2v) is 17.5. The van der Waals surface area contributed by atoms with Gasteiger partial charge in [0, 0.05) is 41.2 Å². The topological polar surface area (TPSA) is 396 Å². The SMILES string of the molecule is CCCCNC(=O)c1cccc(OCC(N=[N+]=[N-])OCCOCC(=O)NCC#Cc2cn([C@H]3CC(OCN=[N+]=[N-])[C@@H](COP(=O)(O)OP(=O)(O)OP(C)(=O)O)O3)c(=O)[nH]c2=O)c1. The highest BCUT2D eigenvalue weighted by atomic mass is 31.3. The Morgan fingerprint density at radius 3 is 2.60 bits per heavy atom. The lowest BCUT2D eigenvalue weighted by molar-refractivity contribution is -0.126. The minimum Gasteiger partial charge on any atom is -0.491 e. The maximum atomic E-state index is 12.7. The van der Waals surface area contributed by atoms with Crippen molar-refractivity contribution in [2.24, 2.45) is 10.2 Å². The number of H-pyrrole nitrogens is 1. The molecule has 0 bridgehead atoms. The molecule has 28 nitrogen and oxygen atoms in total. The Bertz CT molecular complexity index is 2280. The number of carbonyl (C=O) groups excluding carboxylic acids is 2. The number of aromatic nitrogens is 2. The quantitative estimate of drug-likeness (QED) is 0.0197. The Balaban J connectivity index is 1.50. The molecule has 1 fully saturated rings. The predicted molar refractivity (Wildman–Crippen MR) is 211 cm³/mol. The molecule has 2 aromatic rings. The zero-order valence-electron chi connectivity index (χ0n) is 32.9. The normalized spacial score (nSPS) is 19.1. The number of phosphoric acid groups is 2. The van der Waals surface area contributed by atoms with Crippen LogP contribution in [0.2, 0.25) is 0 Å². The summed E-state index contributed by atoms with van der Waals surface area (Å²) < 4.78 is 76.4. The molecule has 1 aromatic heterocycles. The standard InChI is InChI=1S/C31H43N10O18P3/c1-3-4-10-35-29(43)21-7-5-9-23(14-21)54-19-27(38-40-33)53-13-12-52-18-26(42)34-11-6-8-22-16-41(31(45)37-30(22)44)28-15-24(55-20-36-39-32)25(57-28)17-56-61(48,49)59-62(50,51)58-60(2,46)47/h5,7,9,14,16,24-25,27-28H,3-4,10-13,15,17-20H2,1-2H3,(H,34,42)(H,35,43)(H,46,47)(H,48,49)(H,50,51)(H,37,44,45)/t24?,25-,27?,28-/m1/s1. The highest BCUT2D eigenvalue weighted by molar-refractivity contribution is 7.68. The van der Waals surface area contributed by atoms with Gasteiger partial charge in [-0.3, -0.25) is 33.0 Å². The monoisotopic (exact) mass is 936 g/mol. The average molecular weight is 937 g/mol. The summed E-state index contributed by atoms with van der Waals surface area (Å²) in [6, 6.07) is 6.43. The van der Waals surface area contributed by atoms with Crippen molar-refractivity contribution in [3.63, 3.8) is 0 Å². The van der Waals surface area contributed by atoms with Crippen LogP contribution in [-0.2, 0) is 50.6 Å². The number of nitrogens with one attached hydrogen (secondary N) is 3. The molecule has 0 aliphatic carbocycles. The van der Waals surface area contributed by atoms with Crippen LogP contribution in [0.4, 0.5) is 0 Å². The molecule has 2 heterocycles. The number of rotatable bonds is 26. The minimum absolute atomic E-state index is 0.0882. The molecule has 5 unspecified atom stereocenters. The van der Waals surface area contributed by atoms with Gasteiger partial charge in [0.05, 0.1) is 32.5 Å². The Labute approximate surface area is 351 Å². The van der Waals surface area contributed by atoms with E-state index in [2.05, 4.69) is 55.7 Å². The molecule has 31 heteroatoms.